The summed E-state index contributed by atoms with van der Waals surface area (Å²) in [7, 11) is 3.29. The van der Waals surface area contributed by atoms with Crippen LogP contribution >= 0.6 is 12.4 Å². The lowest BCUT2D eigenvalue weighted by Crippen LogP contribution is -2.05. The van der Waals surface area contributed by atoms with E-state index >= 15 is 0 Å². The smallest absolute Gasteiger partial charge is 0.337 e. The summed E-state index contributed by atoms with van der Waals surface area (Å²) >= 11 is 0. The number of benzene rings is 3. The fraction of sp³-hybridized carbons (Fsp3) is 0.200. The Hall–Kier alpha value is -3.71. The van der Waals surface area contributed by atoms with Gasteiger partial charge in [-0.15, -0.1) is 12.4 Å². The van der Waals surface area contributed by atoms with Crippen molar-refractivity contribution in [3.05, 3.63) is 77.6 Å². The van der Waals surface area contributed by atoms with Gasteiger partial charge in [0, 0.05) is 25.6 Å². The molecule has 0 radical (unpaired) electrons. The van der Waals surface area contributed by atoms with Crippen LogP contribution in [0.1, 0.15) is 21.7 Å². The van der Waals surface area contributed by atoms with E-state index in [0.717, 1.165) is 47.1 Å². The maximum absolute atomic E-state index is 11.7. The Morgan fingerprint density at radius 1 is 1.06 bits per heavy atom. The summed E-state index contributed by atoms with van der Waals surface area (Å²) < 4.78 is 24.3. The molecule has 5 rings (SSSR count). The molecule has 7 nitrogen and oxygen atoms in total. The van der Waals surface area contributed by atoms with Gasteiger partial charge in [0.15, 0.2) is 0 Å². The molecule has 8 heteroatoms. The molecule has 33 heavy (non-hydrogen) atoms. The second-order valence-corrected chi connectivity index (χ2v) is 7.52. The number of rotatable bonds is 6. The van der Waals surface area contributed by atoms with Crippen LogP contribution in [0.15, 0.2) is 60.7 Å². The van der Waals surface area contributed by atoms with E-state index in [-0.39, 0.29) is 19.0 Å². The number of esters is 1. The minimum atomic E-state index is -0.402. The van der Waals surface area contributed by atoms with Crippen molar-refractivity contribution < 1.29 is 23.7 Å². The van der Waals surface area contributed by atoms with Crippen LogP contribution in [-0.4, -0.2) is 29.2 Å². The van der Waals surface area contributed by atoms with Crippen LogP contribution < -0.4 is 14.2 Å². The quantitative estimate of drug-likeness (QED) is 0.369. The molecule has 2 heterocycles. The molecular formula is C25H23ClN2O5. The van der Waals surface area contributed by atoms with Crippen molar-refractivity contribution in [1.29, 1.82) is 0 Å². The summed E-state index contributed by atoms with van der Waals surface area (Å²) in [6, 6.07) is 18.6. The van der Waals surface area contributed by atoms with E-state index in [2.05, 4.69) is 4.98 Å². The van der Waals surface area contributed by atoms with Crippen LogP contribution in [0.2, 0.25) is 0 Å². The van der Waals surface area contributed by atoms with Gasteiger partial charge in [0.25, 0.3) is 0 Å². The number of methoxy groups -OCH3 is 1. The van der Waals surface area contributed by atoms with Crippen molar-refractivity contribution in [1.82, 2.24) is 9.55 Å². The summed E-state index contributed by atoms with van der Waals surface area (Å²) in [6.45, 7) is 0.978. The molecule has 0 fully saturated rings. The lowest BCUT2D eigenvalue weighted by Gasteiger charge is -2.09. The van der Waals surface area contributed by atoms with Crippen molar-refractivity contribution in [2.45, 2.75) is 13.0 Å². The number of carbonyl (C=O) groups excluding carboxylic acids is 1. The van der Waals surface area contributed by atoms with Gasteiger partial charge in [-0.05, 0) is 42.0 Å². The molecule has 0 amide bonds. The summed E-state index contributed by atoms with van der Waals surface area (Å²) in [5.74, 6) is 3.27. The number of ether oxygens (including phenoxy) is 4. The summed E-state index contributed by atoms with van der Waals surface area (Å²) in [5, 5.41) is 0. The highest BCUT2D eigenvalue weighted by Gasteiger charge is 2.14. The molecule has 4 aromatic rings. The van der Waals surface area contributed by atoms with Gasteiger partial charge in [0.1, 0.15) is 35.4 Å². The zero-order valence-corrected chi connectivity index (χ0v) is 19.1. The van der Waals surface area contributed by atoms with E-state index in [1.807, 2.05) is 48.0 Å². The second kappa shape index (κ2) is 9.42. The maximum Gasteiger partial charge on any atom is 0.337 e. The van der Waals surface area contributed by atoms with E-state index in [4.69, 9.17) is 18.9 Å². The molecule has 3 aromatic carbocycles. The molecule has 1 aliphatic rings. The lowest BCUT2D eigenvalue weighted by molar-refractivity contribution is 0.0600. The molecule has 170 valence electrons. The molecule has 1 aliphatic heterocycles. The minimum absolute atomic E-state index is 0. The largest absolute Gasteiger partial charge is 0.493 e. The first-order valence-corrected chi connectivity index (χ1v) is 10.3. The summed E-state index contributed by atoms with van der Waals surface area (Å²) in [4.78, 5) is 16.4. The lowest BCUT2D eigenvalue weighted by atomic mass is 10.2. The Labute approximate surface area is 197 Å². The zero-order chi connectivity index (χ0) is 22.1. The molecule has 1 aromatic heterocycles. The SMILES string of the molecule is COC(=O)c1cccc(OCc2nc3ccc(Oc4ccc5c(c4)OCC5)cc3n2C)c1.Cl. The van der Waals surface area contributed by atoms with Gasteiger partial charge in [-0.25, -0.2) is 9.78 Å². The van der Waals surface area contributed by atoms with E-state index in [1.165, 1.54) is 12.7 Å². The van der Waals surface area contributed by atoms with Crippen LogP contribution in [-0.2, 0) is 24.8 Å². The predicted molar refractivity (Wildman–Crippen MR) is 126 cm³/mol. The van der Waals surface area contributed by atoms with E-state index in [0.29, 0.717) is 11.3 Å². The van der Waals surface area contributed by atoms with Gasteiger partial charge in [-0.1, -0.05) is 12.1 Å². The number of imidazole rings is 1. The number of aryl methyl sites for hydroxylation is 1. The molecule has 0 aliphatic carbocycles. The van der Waals surface area contributed by atoms with Crippen LogP contribution in [0.3, 0.4) is 0 Å². The Morgan fingerprint density at radius 2 is 1.88 bits per heavy atom. The number of nitrogens with zero attached hydrogens (tertiary/aromatic N) is 2. The standard InChI is InChI=1S/C25H22N2O5.ClH/c1-27-22-13-19(32-20-7-6-16-10-11-30-23(16)14-20)8-9-21(22)26-24(27)15-31-18-5-3-4-17(12-18)25(28)29-2;/h3-9,12-14H,10-11,15H2,1-2H3;1H. The van der Waals surface area contributed by atoms with Gasteiger partial charge in [-0.3, -0.25) is 0 Å². The first-order valence-electron chi connectivity index (χ1n) is 10.3. The molecule has 0 unspecified atom stereocenters. The Bertz CT molecular complexity index is 1320. The normalized spacial score (nSPS) is 11.9. The number of aromatic nitrogens is 2. The van der Waals surface area contributed by atoms with E-state index in [1.54, 1.807) is 24.3 Å². The van der Waals surface area contributed by atoms with Crippen molar-refractivity contribution in [3.8, 4) is 23.0 Å². The number of hydrogen-bond donors (Lipinski definition) is 0. The maximum atomic E-state index is 11.7. The Morgan fingerprint density at radius 3 is 2.73 bits per heavy atom. The fourth-order valence-corrected chi connectivity index (χ4v) is 3.74. The number of halogens is 1. The topological polar surface area (TPSA) is 71.8 Å². The zero-order valence-electron chi connectivity index (χ0n) is 18.2. The van der Waals surface area contributed by atoms with Crippen molar-refractivity contribution in [2.24, 2.45) is 7.05 Å². The van der Waals surface area contributed by atoms with Crippen LogP contribution in [0.25, 0.3) is 11.0 Å². The Balaban J connectivity index is 0.00000259. The number of fused-ring (bicyclic) bond motifs is 2. The average Bonchev–Trinajstić information content (AvgIpc) is 3.41. The first-order chi connectivity index (χ1) is 15.6. The van der Waals surface area contributed by atoms with Gasteiger partial charge in [0.2, 0.25) is 0 Å². The fourth-order valence-electron chi connectivity index (χ4n) is 3.74. The highest BCUT2D eigenvalue weighted by Crippen LogP contribution is 2.33. The third kappa shape index (κ3) is 4.59. The highest BCUT2D eigenvalue weighted by atomic mass is 35.5. The van der Waals surface area contributed by atoms with E-state index in [9.17, 15) is 4.79 Å². The number of hydrogen-bond acceptors (Lipinski definition) is 6. The van der Waals surface area contributed by atoms with Gasteiger partial charge in [-0.2, -0.15) is 0 Å². The van der Waals surface area contributed by atoms with Crippen LogP contribution in [0.5, 0.6) is 23.0 Å². The summed E-state index contributed by atoms with van der Waals surface area (Å²) in [6.07, 6.45) is 0.939. The summed E-state index contributed by atoms with van der Waals surface area (Å²) in [5.41, 5.74) is 3.43. The molecular weight excluding hydrogens is 444 g/mol. The van der Waals surface area contributed by atoms with Gasteiger partial charge in [0.05, 0.1) is 30.3 Å². The minimum Gasteiger partial charge on any atom is -0.493 e. The third-order valence-electron chi connectivity index (χ3n) is 5.47. The molecule has 0 N–H and O–H groups in total. The van der Waals surface area contributed by atoms with Crippen molar-refractivity contribution in [2.75, 3.05) is 13.7 Å². The third-order valence-corrected chi connectivity index (χ3v) is 5.47. The van der Waals surface area contributed by atoms with Crippen molar-refractivity contribution in [3.63, 3.8) is 0 Å². The molecule has 0 bridgehead atoms. The van der Waals surface area contributed by atoms with E-state index < -0.39 is 5.97 Å². The number of carbonyl (C=O) groups is 1. The van der Waals surface area contributed by atoms with Crippen LogP contribution in [0, 0.1) is 0 Å². The molecule has 0 atom stereocenters. The second-order valence-electron chi connectivity index (χ2n) is 7.52. The molecule has 0 saturated carbocycles. The van der Waals surface area contributed by atoms with Crippen LogP contribution in [0.4, 0.5) is 0 Å². The monoisotopic (exact) mass is 466 g/mol. The molecule has 0 spiro atoms. The Kier molecular flexibility index (Phi) is 6.42. The first kappa shape index (κ1) is 22.5. The van der Waals surface area contributed by atoms with Crippen molar-refractivity contribution >= 4 is 29.4 Å². The average molecular weight is 467 g/mol. The highest BCUT2D eigenvalue weighted by molar-refractivity contribution is 5.89. The van der Waals surface area contributed by atoms with Gasteiger partial charge >= 0.3 is 5.97 Å². The molecule has 0 saturated heterocycles. The van der Waals surface area contributed by atoms with Gasteiger partial charge < -0.3 is 23.5 Å². The predicted octanol–water partition coefficient (Wildman–Crippen LogP) is 5.09.